The number of aryl methyl sites for hydroxylation is 2. The lowest BCUT2D eigenvalue weighted by Crippen LogP contribution is -2.49. The molecule has 0 spiro atoms. The first-order valence-corrected chi connectivity index (χ1v) is 22.0. The average Bonchev–Trinajstić information content (AvgIpc) is 3.45. The molecule has 1 aliphatic rings. The van der Waals surface area contributed by atoms with Crippen LogP contribution < -0.4 is 9.92 Å². The van der Waals surface area contributed by atoms with Crippen LogP contribution in [-0.4, -0.2) is 14.7 Å². The maximum atomic E-state index is 6.65. The molecule has 0 atom stereocenters. The van der Waals surface area contributed by atoms with Crippen LogP contribution in [0.15, 0.2) is 116 Å². The topological polar surface area (TPSA) is 9.23 Å². The van der Waals surface area contributed by atoms with Crippen LogP contribution in [0.2, 0.25) is 13.1 Å². The Bertz CT molecular complexity index is 1840. The first kappa shape index (κ1) is 35.7. The lowest BCUT2D eigenvalue weighted by atomic mass is 9.86. The molecule has 0 unspecified atom stereocenters. The predicted molar refractivity (Wildman–Crippen MR) is 220 cm³/mol. The predicted octanol–water partition coefficient (Wildman–Crippen LogP) is 12.8. The van der Waals surface area contributed by atoms with Gasteiger partial charge in [0.25, 0.3) is 0 Å². The molecule has 1 aliphatic carbocycles. The highest BCUT2D eigenvalue weighted by Gasteiger charge is 2.44. The van der Waals surface area contributed by atoms with Crippen molar-refractivity contribution in [2.24, 2.45) is 0 Å². The van der Waals surface area contributed by atoms with Crippen molar-refractivity contribution in [2.45, 2.75) is 97.2 Å². The molecule has 5 aromatic carbocycles. The summed E-state index contributed by atoms with van der Waals surface area (Å²) in [7, 11) is -2.31. The lowest BCUT2D eigenvalue weighted by molar-refractivity contribution is 0.354. The average molecular weight is 677 g/mol. The Morgan fingerprint density at radius 2 is 1.14 bits per heavy atom. The van der Waals surface area contributed by atoms with Crippen LogP contribution in [0.3, 0.4) is 0 Å². The smallest absolute Gasteiger partial charge is 0.122 e. The van der Waals surface area contributed by atoms with Gasteiger partial charge in [-0.1, -0.05) is 176 Å². The molecule has 0 bridgehead atoms. The molecule has 258 valence electrons. The zero-order chi connectivity index (χ0) is 35.5. The van der Waals surface area contributed by atoms with E-state index < -0.39 is 8.07 Å². The molecular weight excluding hydrogens is 621 g/mol. The molecule has 6 rings (SSSR count). The van der Waals surface area contributed by atoms with Gasteiger partial charge in [-0.3, -0.25) is 0 Å². The highest BCUT2D eigenvalue weighted by Crippen LogP contribution is 2.51. The zero-order valence-corrected chi connectivity index (χ0v) is 32.5. The molecule has 2 heteroatoms. The van der Waals surface area contributed by atoms with Gasteiger partial charge in [0.15, 0.2) is 0 Å². The normalized spacial score (nSPS) is 12.9. The zero-order valence-electron chi connectivity index (χ0n) is 31.5. The van der Waals surface area contributed by atoms with E-state index in [1.165, 1.54) is 92.1 Å². The fourth-order valence-corrected chi connectivity index (χ4v) is 11.6. The maximum absolute atomic E-state index is 6.65. The molecule has 0 N–H and O–H groups in total. The van der Waals surface area contributed by atoms with E-state index in [0.717, 1.165) is 18.6 Å². The van der Waals surface area contributed by atoms with Crippen molar-refractivity contribution in [3.8, 4) is 39.1 Å². The molecule has 1 nitrogen and oxygen atoms in total. The van der Waals surface area contributed by atoms with E-state index in [9.17, 15) is 0 Å². The van der Waals surface area contributed by atoms with Crippen LogP contribution >= 0.6 is 0 Å². The minimum absolute atomic E-state index is 0.0462. The largest absolute Gasteiger partial charge is 0.489 e. The standard InChI is InChI=1S/C48H56OSi/c1-9-12-15-34-19-23-36(24-20-34)38-27-29-40-41-30-28-39(37-25-21-35(22-26-37)16-13-10-2)33-43(41)47(42(40)32-38)50(7,8)45-18-14-17-44(48(4,5)6)46(45)49-31-11-3/h11,14,17-30,32-33,47H,3,9-10,12-13,15-16,31H2,1-2,4-8H3. The molecule has 0 radical (unpaired) electrons. The summed E-state index contributed by atoms with van der Waals surface area (Å²) in [5.74, 6) is 1.06. The van der Waals surface area contributed by atoms with Crippen LogP contribution in [0.25, 0.3) is 33.4 Å². The second-order valence-electron chi connectivity index (χ2n) is 15.9. The van der Waals surface area contributed by atoms with Crippen LogP contribution in [0.4, 0.5) is 0 Å². The third-order valence-electron chi connectivity index (χ3n) is 10.8. The fraction of sp³-hybridized carbons (Fsp3) is 0.333. The molecule has 0 aromatic heterocycles. The summed E-state index contributed by atoms with van der Waals surface area (Å²) in [6.07, 6.45) is 9.07. The van der Waals surface area contributed by atoms with E-state index in [1.54, 1.807) is 0 Å². The van der Waals surface area contributed by atoms with Gasteiger partial charge in [0.05, 0.1) is 8.07 Å². The monoisotopic (exact) mass is 676 g/mol. The minimum atomic E-state index is -2.31. The quantitative estimate of drug-likeness (QED) is 0.0891. The number of ether oxygens (including phenoxy) is 1. The van der Waals surface area contributed by atoms with Gasteiger partial charge in [0.2, 0.25) is 0 Å². The Kier molecular flexibility index (Phi) is 10.7. The highest BCUT2D eigenvalue weighted by molar-refractivity contribution is 6.92. The Balaban J connectivity index is 1.51. The van der Waals surface area contributed by atoms with Gasteiger partial charge in [-0.15, -0.1) is 0 Å². The molecule has 50 heavy (non-hydrogen) atoms. The SMILES string of the molecule is C=CCOc1c(C(C)(C)C)cccc1[Si](C)(C)C1c2cc(-c3ccc(CCCC)cc3)ccc2-c2ccc(-c3ccc(CCCC)cc3)cc21. The van der Waals surface area contributed by atoms with Gasteiger partial charge in [-0.25, -0.2) is 0 Å². The summed E-state index contributed by atoms with van der Waals surface area (Å²) in [5, 5.41) is 1.38. The first-order chi connectivity index (χ1) is 24.1. The number of hydrogen-bond donors (Lipinski definition) is 0. The third-order valence-corrected chi connectivity index (χ3v) is 14.7. The van der Waals surface area contributed by atoms with Crippen molar-refractivity contribution in [3.05, 3.63) is 144 Å². The van der Waals surface area contributed by atoms with Gasteiger partial charge in [-0.05, 0) is 97.5 Å². The van der Waals surface area contributed by atoms with Gasteiger partial charge < -0.3 is 4.74 Å². The van der Waals surface area contributed by atoms with Crippen molar-refractivity contribution in [2.75, 3.05) is 6.61 Å². The highest BCUT2D eigenvalue weighted by atomic mass is 28.3. The van der Waals surface area contributed by atoms with Crippen molar-refractivity contribution >= 4 is 13.3 Å². The molecule has 0 heterocycles. The van der Waals surface area contributed by atoms with Crippen LogP contribution in [-0.2, 0) is 18.3 Å². The second-order valence-corrected chi connectivity index (χ2v) is 20.5. The Hall–Kier alpha value is -4.14. The first-order valence-electron chi connectivity index (χ1n) is 18.9. The molecule has 5 aromatic rings. The van der Waals surface area contributed by atoms with E-state index in [1.807, 2.05) is 6.08 Å². The van der Waals surface area contributed by atoms with E-state index in [2.05, 4.69) is 157 Å². The van der Waals surface area contributed by atoms with Crippen molar-refractivity contribution < 1.29 is 4.74 Å². The lowest BCUT2D eigenvalue weighted by Gasteiger charge is -2.35. The van der Waals surface area contributed by atoms with Gasteiger partial charge in [-0.2, -0.15) is 0 Å². The second kappa shape index (κ2) is 15.0. The Morgan fingerprint density at radius 1 is 0.660 bits per heavy atom. The van der Waals surface area contributed by atoms with E-state index in [0.29, 0.717) is 6.61 Å². The minimum Gasteiger partial charge on any atom is -0.489 e. The van der Waals surface area contributed by atoms with Gasteiger partial charge in [0, 0.05) is 5.54 Å². The molecular formula is C48H56OSi. The van der Waals surface area contributed by atoms with E-state index >= 15 is 0 Å². The number of fused-ring (bicyclic) bond motifs is 3. The number of rotatable bonds is 13. The van der Waals surface area contributed by atoms with Gasteiger partial charge >= 0.3 is 0 Å². The molecule has 0 aliphatic heterocycles. The summed E-state index contributed by atoms with van der Waals surface area (Å²) >= 11 is 0. The van der Waals surface area contributed by atoms with Crippen LogP contribution in [0.5, 0.6) is 5.75 Å². The number of para-hydroxylation sites is 1. The van der Waals surface area contributed by atoms with Gasteiger partial charge in [0.1, 0.15) is 12.4 Å². The fourth-order valence-electron chi connectivity index (χ4n) is 7.98. The number of unbranched alkanes of at least 4 members (excludes halogenated alkanes) is 2. The molecule has 0 saturated carbocycles. The number of hydrogen-bond acceptors (Lipinski definition) is 1. The summed E-state index contributed by atoms with van der Waals surface area (Å²) in [4.78, 5) is 0. The molecule has 0 fully saturated rings. The summed E-state index contributed by atoms with van der Waals surface area (Å²) in [6, 6.07) is 39.9. The van der Waals surface area contributed by atoms with Crippen molar-refractivity contribution in [1.82, 2.24) is 0 Å². The number of benzene rings is 5. The molecule has 0 amide bonds. The molecule has 0 saturated heterocycles. The third kappa shape index (κ3) is 7.19. The van der Waals surface area contributed by atoms with Crippen molar-refractivity contribution in [1.29, 1.82) is 0 Å². The summed E-state index contributed by atoms with van der Waals surface area (Å²) < 4.78 is 6.65. The van der Waals surface area contributed by atoms with Crippen LogP contribution in [0.1, 0.15) is 93.7 Å². The van der Waals surface area contributed by atoms with E-state index in [4.69, 9.17) is 4.74 Å². The summed E-state index contributed by atoms with van der Waals surface area (Å²) in [6.45, 7) is 21.0. The summed E-state index contributed by atoms with van der Waals surface area (Å²) in [5.41, 5.74) is 15.1. The maximum Gasteiger partial charge on any atom is 0.122 e. The Labute approximate surface area is 303 Å². The van der Waals surface area contributed by atoms with E-state index in [-0.39, 0.29) is 11.0 Å². The Morgan fingerprint density at radius 3 is 1.58 bits per heavy atom. The van der Waals surface area contributed by atoms with Crippen molar-refractivity contribution in [3.63, 3.8) is 0 Å². The van der Waals surface area contributed by atoms with Crippen LogP contribution in [0, 0.1) is 0 Å².